The molecule has 2 heteroatoms. The van der Waals surface area contributed by atoms with Crippen LogP contribution in [0.3, 0.4) is 0 Å². The van der Waals surface area contributed by atoms with Gasteiger partial charge in [0.15, 0.2) is 0 Å². The number of carboxylic acids is 1. The fourth-order valence-corrected chi connectivity index (χ4v) is 0. The van der Waals surface area contributed by atoms with Crippen molar-refractivity contribution in [3.05, 3.63) is 13.2 Å². The van der Waals surface area contributed by atoms with E-state index in [2.05, 4.69) is 13.2 Å². The first kappa shape index (κ1) is 11.1. The van der Waals surface area contributed by atoms with Gasteiger partial charge in [-0.1, -0.05) is 0 Å². The van der Waals surface area contributed by atoms with Crippen molar-refractivity contribution in [1.29, 1.82) is 0 Å². The molecule has 0 heterocycles. The zero-order valence-electron chi connectivity index (χ0n) is 6.27. The molecule has 0 aliphatic carbocycles. The molecular weight excluding hydrogens is 116 g/mol. The second-order valence-corrected chi connectivity index (χ2v) is 2.56. The molecule has 0 atom stereocenters. The summed E-state index contributed by atoms with van der Waals surface area (Å²) >= 11 is 0. The predicted molar refractivity (Wildman–Crippen MR) is 38.3 cm³/mol. The van der Waals surface area contributed by atoms with E-state index in [0.717, 1.165) is 0 Å². The maximum absolute atomic E-state index is 10.0. The highest BCUT2D eigenvalue weighted by Gasteiger charge is 2.18. The maximum Gasteiger partial charge on any atom is 0.308 e. The lowest BCUT2D eigenvalue weighted by atomic mass is 9.98. The predicted octanol–water partition coefficient (Wildman–Crippen LogP) is 1.92. The van der Waals surface area contributed by atoms with Crippen LogP contribution < -0.4 is 0 Å². The first-order valence-corrected chi connectivity index (χ1v) is 2.68. The van der Waals surface area contributed by atoms with Gasteiger partial charge in [-0.3, -0.25) is 4.79 Å². The van der Waals surface area contributed by atoms with Crippen molar-refractivity contribution in [2.24, 2.45) is 5.41 Å². The summed E-state index contributed by atoms with van der Waals surface area (Å²) in [5, 5.41) is 8.25. The molecule has 2 nitrogen and oxygen atoms in total. The standard InChI is InChI=1S/C5H10O2.C2H4/c1-5(2,3)4(6)7;1-2/h1-3H3,(H,6,7);1-2H2. The van der Waals surface area contributed by atoms with E-state index in [9.17, 15) is 4.79 Å². The van der Waals surface area contributed by atoms with Crippen LogP contribution in [0.5, 0.6) is 0 Å². The van der Waals surface area contributed by atoms with Crippen LogP contribution >= 0.6 is 0 Å². The minimum absolute atomic E-state index is 0.583. The summed E-state index contributed by atoms with van der Waals surface area (Å²) < 4.78 is 0. The Hall–Kier alpha value is -0.790. The number of rotatable bonds is 0. The quantitative estimate of drug-likeness (QED) is 0.508. The van der Waals surface area contributed by atoms with Crippen molar-refractivity contribution in [3.63, 3.8) is 0 Å². The van der Waals surface area contributed by atoms with Crippen molar-refractivity contribution < 1.29 is 9.90 Å². The Labute approximate surface area is 56.2 Å². The van der Waals surface area contributed by atoms with Crippen LogP contribution in [0.2, 0.25) is 0 Å². The summed E-state index contributed by atoms with van der Waals surface area (Å²) in [6, 6.07) is 0. The lowest BCUT2D eigenvalue weighted by Gasteiger charge is -2.08. The van der Waals surface area contributed by atoms with Gasteiger partial charge in [-0.25, -0.2) is 0 Å². The third-order valence-corrected chi connectivity index (χ3v) is 0.642. The van der Waals surface area contributed by atoms with Gasteiger partial charge in [0.05, 0.1) is 5.41 Å². The minimum Gasteiger partial charge on any atom is -0.481 e. The van der Waals surface area contributed by atoms with Crippen molar-refractivity contribution >= 4 is 5.97 Å². The third-order valence-electron chi connectivity index (χ3n) is 0.642. The van der Waals surface area contributed by atoms with Crippen LogP contribution in [0.4, 0.5) is 0 Å². The van der Waals surface area contributed by atoms with Gasteiger partial charge in [-0.15, -0.1) is 13.2 Å². The first-order chi connectivity index (χ1) is 3.94. The molecule has 0 unspecified atom stereocenters. The molecule has 0 aromatic carbocycles. The van der Waals surface area contributed by atoms with Gasteiger partial charge >= 0.3 is 5.97 Å². The topological polar surface area (TPSA) is 37.3 Å². The molecule has 0 aromatic rings. The third kappa shape index (κ3) is 7.21. The van der Waals surface area contributed by atoms with Crippen LogP contribution in [-0.4, -0.2) is 11.1 Å². The van der Waals surface area contributed by atoms with E-state index in [1.54, 1.807) is 20.8 Å². The molecule has 0 bridgehead atoms. The minimum atomic E-state index is -0.757. The van der Waals surface area contributed by atoms with E-state index in [1.165, 1.54) is 0 Å². The Morgan fingerprint density at radius 1 is 1.33 bits per heavy atom. The largest absolute Gasteiger partial charge is 0.481 e. The van der Waals surface area contributed by atoms with Gasteiger partial charge < -0.3 is 5.11 Å². The summed E-state index contributed by atoms with van der Waals surface area (Å²) in [6.45, 7) is 11.0. The molecule has 1 N–H and O–H groups in total. The highest BCUT2D eigenvalue weighted by atomic mass is 16.4. The second kappa shape index (κ2) is 4.13. The average molecular weight is 130 g/mol. The van der Waals surface area contributed by atoms with Crippen LogP contribution in [0.25, 0.3) is 0 Å². The van der Waals surface area contributed by atoms with E-state index in [-0.39, 0.29) is 0 Å². The van der Waals surface area contributed by atoms with Crippen LogP contribution in [0.1, 0.15) is 20.8 Å². The number of carbonyl (C=O) groups is 1. The molecule has 0 amide bonds. The number of carboxylic acid groups (broad SMARTS) is 1. The molecule has 0 fully saturated rings. The van der Waals surface area contributed by atoms with E-state index in [1.807, 2.05) is 0 Å². The SMILES string of the molecule is C=C.CC(C)(C)C(=O)O. The van der Waals surface area contributed by atoms with E-state index < -0.39 is 11.4 Å². The molecule has 0 aliphatic heterocycles. The normalized spacial score (nSPS) is 9.22. The summed E-state index contributed by atoms with van der Waals surface area (Å²) in [5.41, 5.74) is -0.583. The molecule has 0 aromatic heterocycles. The highest BCUT2D eigenvalue weighted by molar-refractivity contribution is 5.72. The molecule has 54 valence electrons. The molecule has 0 rings (SSSR count). The highest BCUT2D eigenvalue weighted by Crippen LogP contribution is 2.11. The molecule has 0 spiro atoms. The molecule has 9 heavy (non-hydrogen) atoms. The molecule has 0 saturated heterocycles. The smallest absolute Gasteiger partial charge is 0.308 e. The van der Waals surface area contributed by atoms with E-state index in [4.69, 9.17) is 5.11 Å². The summed E-state index contributed by atoms with van der Waals surface area (Å²) in [4.78, 5) is 10.0. The monoisotopic (exact) mass is 130 g/mol. The Bertz CT molecular complexity index is 89.6. The van der Waals surface area contributed by atoms with Crippen LogP contribution in [0.15, 0.2) is 13.2 Å². The van der Waals surface area contributed by atoms with Crippen molar-refractivity contribution in [1.82, 2.24) is 0 Å². The number of hydrogen-bond donors (Lipinski definition) is 1. The summed E-state index contributed by atoms with van der Waals surface area (Å²) in [7, 11) is 0. The van der Waals surface area contributed by atoms with Crippen LogP contribution in [0, 0.1) is 5.41 Å². The van der Waals surface area contributed by atoms with Gasteiger partial charge in [-0.05, 0) is 20.8 Å². The molecule has 0 aliphatic rings. The number of hydrogen-bond acceptors (Lipinski definition) is 1. The van der Waals surface area contributed by atoms with Crippen molar-refractivity contribution in [2.75, 3.05) is 0 Å². The number of aliphatic carboxylic acids is 1. The molecule has 0 saturated carbocycles. The summed E-state index contributed by atoms with van der Waals surface area (Å²) in [5.74, 6) is -0.757. The Balaban J connectivity index is 0. The average Bonchev–Trinajstić information content (AvgIpc) is 1.69. The zero-order valence-corrected chi connectivity index (χ0v) is 6.27. The van der Waals surface area contributed by atoms with Crippen LogP contribution in [-0.2, 0) is 4.79 Å². The fraction of sp³-hybridized carbons (Fsp3) is 0.571. The fourth-order valence-electron chi connectivity index (χ4n) is 0. The Kier molecular flexibility index (Phi) is 5.07. The lowest BCUT2D eigenvalue weighted by Crippen LogP contribution is -2.18. The summed E-state index contributed by atoms with van der Waals surface area (Å²) in [6.07, 6.45) is 0. The first-order valence-electron chi connectivity index (χ1n) is 2.68. The zero-order chi connectivity index (χ0) is 8.08. The second-order valence-electron chi connectivity index (χ2n) is 2.56. The van der Waals surface area contributed by atoms with Crippen molar-refractivity contribution in [2.45, 2.75) is 20.8 Å². The molecular formula is C7H14O2. The van der Waals surface area contributed by atoms with Gasteiger partial charge in [0, 0.05) is 0 Å². The van der Waals surface area contributed by atoms with Gasteiger partial charge in [0.25, 0.3) is 0 Å². The van der Waals surface area contributed by atoms with Gasteiger partial charge in [0.2, 0.25) is 0 Å². The van der Waals surface area contributed by atoms with Crippen molar-refractivity contribution in [3.8, 4) is 0 Å². The maximum atomic E-state index is 10.0. The lowest BCUT2D eigenvalue weighted by molar-refractivity contribution is -0.145. The van der Waals surface area contributed by atoms with E-state index in [0.29, 0.717) is 0 Å². The Morgan fingerprint density at radius 3 is 1.44 bits per heavy atom. The van der Waals surface area contributed by atoms with Gasteiger partial charge in [-0.2, -0.15) is 0 Å². The molecule has 0 radical (unpaired) electrons. The van der Waals surface area contributed by atoms with E-state index >= 15 is 0 Å². The Morgan fingerprint density at radius 2 is 1.44 bits per heavy atom. The van der Waals surface area contributed by atoms with Gasteiger partial charge in [0.1, 0.15) is 0 Å².